The smallest absolute Gasteiger partial charge is 0.303 e. The summed E-state index contributed by atoms with van der Waals surface area (Å²) in [6.45, 7) is 7.47. The van der Waals surface area contributed by atoms with Gasteiger partial charge in [-0.1, -0.05) is 75.4 Å². The lowest BCUT2D eigenvalue weighted by Gasteiger charge is -2.62. The summed E-state index contributed by atoms with van der Waals surface area (Å²) in [4.78, 5) is 11.2. The fourth-order valence-electron chi connectivity index (χ4n) is 10.6. The van der Waals surface area contributed by atoms with Gasteiger partial charge in [-0.25, -0.2) is 0 Å². The highest BCUT2D eigenvalue weighted by atomic mass is 16.4. The molecule has 4 aliphatic rings. The second-order valence-corrected chi connectivity index (χ2v) is 14.5. The minimum absolute atomic E-state index is 0.308. The van der Waals surface area contributed by atoms with E-state index in [9.17, 15) is 15.0 Å². The van der Waals surface area contributed by atoms with Crippen LogP contribution in [0.2, 0.25) is 0 Å². The number of carboxylic acids is 1. The number of aliphatic hydroxyl groups is 1. The molecule has 0 unspecified atom stereocenters. The molecule has 9 atom stereocenters. The predicted molar refractivity (Wildman–Crippen MR) is 157 cm³/mol. The van der Waals surface area contributed by atoms with Crippen molar-refractivity contribution in [3.8, 4) is 11.1 Å². The lowest BCUT2D eigenvalue weighted by Crippen LogP contribution is -2.55. The van der Waals surface area contributed by atoms with Crippen molar-refractivity contribution in [2.24, 2.45) is 46.3 Å². The molecule has 0 spiro atoms. The van der Waals surface area contributed by atoms with Crippen LogP contribution in [0.15, 0.2) is 54.6 Å². The fraction of sp³-hybridized carbons (Fsp3) is 0.639. The van der Waals surface area contributed by atoms with Gasteiger partial charge >= 0.3 is 5.97 Å². The van der Waals surface area contributed by atoms with Crippen molar-refractivity contribution in [1.29, 1.82) is 0 Å². The minimum atomic E-state index is -0.715. The molecule has 3 heteroatoms. The first kappa shape index (κ1) is 27.1. The number of benzene rings is 2. The molecule has 0 heterocycles. The number of hydrogen-bond acceptors (Lipinski definition) is 2. The maximum Gasteiger partial charge on any atom is 0.303 e. The number of carboxylic acid groups (broad SMARTS) is 1. The summed E-state index contributed by atoms with van der Waals surface area (Å²) < 4.78 is 0. The second-order valence-electron chi connectivity index (χ2n) is 14.5. The molecular formula is C36H48O3. The van der Waals surface area contributed by atoms with Crippen LogP contribution in [0.5, 0.6) is 0 Å². The average molecular weight is 529 g/mol. The maximum absolute atomic E-state index is 12.0. The minimum Gasteiger partial charge on any atom is -0.481 e. The standard InChI is InChI=1S/C36H48O3/c1-24(9-18-33(37)38)30-16-17-31-29-15-14-28-23-36(39,22-21-34(28,2)32(29)19-20-35(30,31)3)27-12-10-26(11-13-27)25-7-5-4-6-8-25/h4-8,10-13,24,28-32,39H,9,14-23H2,1-3H3,(H,37,38)/t24-,28+,29+,30-,31+,32+,34+,35-,36-/m1/s1. The van der Waals surface area contributed by atoms with Crippen LogP contribution in [0.1, 0.15) is 97.0 Å². The van der Waals surface area contributed by atoms with Gasteiger partial charge in [-0.15, -0.1) is 0 Å². The summed E-state index contributed by atoms with van der Waals surface area (Å²) in [5.41, 5.74) is 3.51. The molecule has 0 saturated heterocycles. The van der Waals surface area contributed by atoms with Gasteiger partial charge in [-0.05, 0) is 127 Å². The molecule has 0 radical (unpaired) electrons. The van der Waals surface area contributed by atoms with Crippen LogP contribution in [-0.4, -0.2) is 16.2 Å². The number of hydrogen-bond donors (Lipinski definition) is 2. The summed E-state index contributed by atoms with van der Waals surface area (Å²) in [6, 6.07) is 19.2. The zero-order valence-electron chi connectivity index (χ0n) is 24.2. The van der Waals surface area contributed by atoms with Crippen molar-refractivity contribution < 1.29 is 15.0 Å². The monoisotopic (exact) mass is 528 g/mol. The molecule has 4 saturated carbocycles. The van der Waals surface area contributed by atoms with E-state index in [2.05, 4.69) is 75.4 Å². The van der Waals surface area contributed by atoms with Gasteiger partial charge in [0.25, 0.3) is 0 Å². The Morgan fingerprint density at radius 3 is 2.26 bits per heavy atom. The number of carbonyl (C=O) groups is 1. The molecule has 39 heavy (non-hydrogen) atoms. The topological polar surface area (TPSA) is 57.5 Å². The normalized spacial score (nSPS) is 40.3. The summed E-state index contributed by atoms with van der Waals surface area (Å²) in [7, 11) is 0. The van der Waals surface area contributed by atoms with Gasteiger partial charge in [-0.3, -0.25) is 4.79 Å². The van der Waals surface area contributed by atoms with Gasteiger partial charge in [0.15, 0.2) is 0 Å². The lowest BCUT2D eigenvalue weighted by molar-refractivity contribution is -0.155. The third-order valence-electron chi connectivity index (χ3n) is 12.8. The first-order valence-corrected chi connectivity index (χ1v) is 15.7. The van der Waals surface area contributed by atoms with E-state index in [0.29, 0.717) is 35.0 Å². The molecular weight excluding hydrogens is 480 g/mol. The molecule has 6 rings (SSSR count). The molecule has 2 aromatic rings. The van der Waals surface area contributed by atoms with E-state index < -0.39 is 11.6 Å². The quantitative estimate of drug-likeness (QED) is 0.394. The first-order valence-electron chi connectivity index (χ1n) is 15.7. The van der Waals surface area contributed by atoms with Crippen molar-refractivity contribution in [3.05, 3.63) is 60.2 Å². The Bertz CT molecular complexity index is 1170. The molecule has 0 amide bonds. The Morgan fingerprint density at radius 1 is 0.846 bits per heavy atom. The zero-order chi connectivity index (χ0) is 27.4. The highest BCUT2D eigenvalue weighted by Crippen LogP contribution is 2.69. The van der Waals surface area contributed by atoms with Crippen LogP contribution in [0.4, 0.5) is 0 Å². The molecule has 4 aliphatic carbocycles. The Balaban J connectivity index is 1.16. The third-order valence-corrected chi connectivity index (χ3v) is 12.8. The van der Waals surface area contributed by atoms with Gasteiger partial charge in [0, 0.05) is 6.42 Å². The molecule has 2 aromatic carbocycles. The van der Waals surface area contributed by atoms with Crippen molar-refractivity contribution in [1.82, 2.24) is 0 Å². The predicted octanol–water partition coefficient (Wildman–Crippen LogP) is 8.70. The number of fused-ring (bicyclic) bond motifs is 5. The Kier molecular flexibility index (Phi) is 6.97. The van der Waals surface area contributed by atoms with E-state index in [0.717, 1.165) is 49.0 Å². The maximum atomic E-state index is 12.0. The molecule has 4 fully saturated rings. The lowest BCUT2D eigenvalue weighted by atomic mass is 9.43. The molecule has 3 nitrogen and oxygen atoms in total. The molecule has 0 aliphatic heterocycles. The van der Waals surface area contributed by atoms with Gasteiger partial charge in [-0.2, -0.15) is 0 Å². The SMILES string of the molecule is C[C@H](CCC(=O)O)[C@H]1CC[C@H]2[C@@H]3CC[C@H]4C[C@@](O)(c5ccc(-c6ccccc6)cc5)CC[C@]4(C)[C@H]3CC[C@]12C. The average Bonchev–Trinajstić information content (AvgIpc) is 3.30. The number of aliphatic carboxylic acids is 1. The van der Waals surface area contributed by atoms with E-state index in [1.807, 2.05) is 0 Å². The van der Waals surface area contributed by atoms with Gasteiger partial charge in [0.05, 0.1) is 5.60 Å². The van der Waals surface area contributed by atoms with Gasteiger partial charge in [0.1, 0.15) is 0 Å². The van der Waals surface area contributed by atoms with E-state index in [-0.39, 0.29) is 0 Å². The van der Waals surface area contributed by atoms with E-state index in [1.165, 1.54) is 49.7 Å². The Hall–Kier alpha value is -2.13. The van der Waals surface area contributed by atoms with Crippen molar-refractivity contribution in [3.63, 3.8) is 0 Å². The third kappa shape index (κ3) is 4.57. The highest BCUT2D eigenvalue weighted by molar-refractivity contribution is 5.66. The van der Waals surface area contributed by atoms with Gasteiger partial charge < -0.3 is 10.2 Å². The van der Waals surface area contributed by atoms with Crippen LogP contribution in [0.25, 0.3) is 11.1 Å². The molecule has 0 aromatic heterocycles. The fourth-order valence-corrected chi connectivity index (χ4v) is 10.6. The summed E-state index contributed by atoms with van der Waals surface area (Å²) in [5.74, 6) is 3.47. The summed E-state index contributed by atoms with van der Waals surface area (Å²) >= 11 is 0. The highest BCUT2D eigenvalue weighted by Gasteiger charge is 2.61. The van der Waals surface area contributed by atoms with Crippen molar-refractivity contribution >= 4 is 5.97 Å². The number of rotatable bonds is 6. The van der Waals surface area contributed by atoms with Crippen LogP contribution < -0.4 is 0 Å². The largest absolute Gasteiger partial charge is 0.481 e. The van der Waals surface area contributed by atoms with Gasteiger partial charge in [0.2, 0.25) is 0 Å². The van der Waals surface area contributed by atoms with Crippen LogP contribution in [0, 0.1) is 46.3 Å². The van der Waals surface area contributed by atoms with E-state index in [1.54, 1.807) is 0 Å². The summed E-state index contributed by atoms with van der Waals surface area (Å²) in [5, 5.41) is 21.2. The van der Waals surface area contributed by atoms with E-state index >= 15 is 0 Å². The molecule has 2 N–H and O–H groups in total. The molecule has 0 bridgehead atoms. The van der Waals surface area contributed by atoms with E-state index in [4.69, 9.17) is 0 Å². The second kappa shape index (κ2) is 10.1. The zero-order valence-corrected chi connectivity index (χ0v) is 24.2. The molecule has 210 valence electrons. The van der Waals surface area contributed by atoms with Crippen LogP contribution in [-0.2, 0) is 10.4 Å². The Morgan fingerprint density at radius 2 is 1.54 bits per heavy atom. The van der Waals surface area contributed by atoms with Crippen molar-refractivity contribution in [2.75, 3.05) is 0 Å². The van der Waals surface area contributed by atoms with Crippen molar-refractivity contribution in [2.45, 2.75) is 97.0 Å². The van der Waals surface area contributed by atoms with Crippen LogP contribution in [0.3, 0.4) is 0 Å². The summed E-state index contributed by atoms with van der Waals surface area (Å²) in [6.07, 6.45) is 11.8. The van der Waals surface area contributed by atoms with Crippen LogP contribution >= 0.6 is 0 Å². The Labute approximate surface area is 235 Å². The first-order chi connectivity index (χ1) is 18.6.